The van der Waals surface area contributed by atoms with Crippen molar-refractivity contribution in [1.82, 2.24) is 20.3 Å². The Morgan fingerprint density at radius 3 is 2.32 bits per heavy atom. The van der Waals surface area contributed by atoms with Crippen LogP contribution in [0, 0.1) is 5.92 Å². The summed E-state index contributed by atoms with van der Waals surface area (Å²) in [5, 5.41) is 28.7. The van der Waals surface area contributed by atoms with Gasteiger partial charge in [0.15, 0.2) is 0 Å². The van der Waals surface area contributed by atoms with Crippen LogP contribution in [0.2, 0.25) is 0 Å². The molecule has 0 bridgehead atoms. The van der Waals surface area contributed by atoms with Crippen LogP contribution in [0.4, 0.5) is 4.79 Å². The molecule has 0 unspecified atom stereocenters. The van der Waals surface area contributed by atoms with Crippen molar-refractivity contribution in [1.29, 1.82) is 0 Å². The van der Waals surface area contributed by atoms with Gasteiger partial charge in [0.25, 0.3) is 0 Å². The van der Waals surface area contributed by atoms with Crippen molar-refractivity contribution >= 4 is 12.1 Å². The number of unbranched alkanes of at least 4 members (excludes halogenated alkanes) is 1. The number of ether oxygens (including phenoxy) is 2. The van der Waals surface area contributed by atoms with E-state index in [0.717, 1.165) is 54.8 Å². The molecular formula is C37H56N4O6. The molecule has 1 aromatic heterocycles. The molecule has 47 heavy (non-hydrogen) atoms. The zero-order valence-electron chi connectivity index (χ0n) is 29.6. The molecule has 0 fully saturated rings. The van der Waals surface area contributed by atoms with Crippen LogP contribution in [0.5, 0.6) is 5.75 Å². The molecule has 3 aromatic rings. The minimum atomic E-state index is -0.767. The molecule has 0 radical (unpaired) electrons. The highest BCUT2D eigenvalue weighted by atomic mass is 16.6. The summed E-state index contributed by atoms with van der Waals surface area (Å²) in [4.78, 5) is 22.1. The predicted octanol–water partition coefficient (Wildman–Crippen LogP) is 7.25. The first-order chi connectivity index (χ1) is 22.1. The Labute approximate surface area is 280 Å². The van der Waals surface area contributed by atoms with E-state index >= 15 is 0 Å². The number of nitrogens with zero attached hydrogens (tertiary/aromatic N) is 3. The number of hydrogen-bond acceptors (Lipinski definition) is 7. The van der Waals surface area contributed by atoms with Crippen LogP contribution < -0.4 is 10.1 Å². The fraction of sp³-hybridized carbons (Fsp3) is 0.568. The number of aliphatic carboxylic acids is 1. The zero-order valence-corrected chi connectivity index (χ0v) is 29.6. The highest BCUT2D eigenvalue weighted by Crippen LogP contribution is 2.28. The third-order valence-electron chi connectivity index (χ3n) is 7.18. The summed E-state index contributed by atoms with van der Waals surface area (Å²) >= 11 is 0. The second-order valence-electron chi connectivity index (χ2n) is 13.9. The number of carboxylic acid groups (broad SMARTS) is 1. The van der Waals surface area contributed by atoms with Crippen LogP contribution in [0.15, 0.2) is 48.7 Å². The van der Waals surface area contributed by atoms with E-state index in [2.05, 4.69) is 60.7 Å². The van der Waals surface area contributed by atoms with Crippen molar-refractivity contribution in [3.63, 3.8) is 0 Å². The van der Waals surface area contributed by atoms with Crippen molar-refractivity contribution in [3.8, 4) is 16.9 Å². The third-order valence-corrected chi connectivity index (χ3v) is 7.18. The number of carbonyl (C=O) groups is 2. The maximum Gasteiger partial charge on any atom is 0.408 e. The molecule has 0 aliphatic carbocycles. The monoisotopic (exact) mass is 652 g/mol. The number of amides is 1. The summed E-state index contributed by atoms with van der Waals surface area (Å²) in [5.74, 6) is 0.719. The number of aromatic nitrogens is 3. The maximum atomic E-state index is 11.3. The molecule has 0 saturated heterocycles. The highest BCUT2D eigenvalue weighted by Gasteiger charge is 2.23. The number of hydrogen-bond donors (Lipinski definition) is 3. The van der Waals surface area contributed by atoms with Crippen molar-refractivity contribution in [2.75, 3.05) is 13.2 Å². The number of carbonyl (C=O) groups excluding carboxylic acids is 1. The lowest BCUT2D eigenvalue weighted by Gasteiger charge is -2.27. The summed E-state index contributed by atoms with van der Waals surface area (Å²) in [6.07, 6.45) is 6.65. The van der Waals surface area contributed by atoms with Crippen LogP contribution >= 0.6 is 0 Å². The third kappa shape index (κ3) is 16.0. The number of rotatable bonds is 16. The quantitative estimate of drug-likeness (QED) is 0.138. The van der Waals surface area contributed by atoms with Gasteiger partial charge in [-0.25, -0.2) is 4.79 Å². The Hall–Kier alpha value is -3.92. The van der Waals surface area contributed by atoms with Gasteiger partial charge in [-0.3, -0.25) is 9.48 Å². The van der Waals surface area contributed by atoms with Gasteiger partial charge in [-0.05, 0) is 113 Å². The summed E-state index contributed by atoms with van der Waals surface area (Å²) in [6.45, 7) is 17.2. The van der Waals surface area contributed by atoms with Gasteiger partial charge in [0.2, 0.25) is 0 Å². The topological polar surface area (TPSA) is 136 Å². The largest absolute Gasteiger partial charge is 0.494 e. The Morgan fingerprint density at radius 2 is 1.72 bits per heavy atom. The maximum absolute atomic E-state index is 11.3. The van der Waals surface area contributed by atoms with Crippen molar-refractivity contribution < 1.29 is 29.3 Å². The summed E-state index contributed by atoms with van der Waals surface area (Å²) in [7, 11) is 0. The predicted molar refractivity (Wildman–Crippen MR) is 186 cm³/mol. The number of aryl methyl sites for hydroxylation is 3. The first kappa shape index (κ1) is 39.3. The van der Waals surface area contributed by atoms with Gasteiger partial charge in [0, 0.05) is 31.3 Å². The average molecular weight is 653 g/mol. The van der Waals surface area contributed by atoms with Crippen molar-refractivity contribution in [2.45, 2.75) is 118 Å². The van der Waals surface area contributed by atoms with Crippen LogP contribution in [-0.4, -0.2) is 61.6 Å². The van der Waals surface area contributed by atoms with E-state index in [1.807, 2.05) is 63.7 Å². The summed E-state index contributed by atoms with van der Waals surface area (Å²) in [6, 6.07) is 14.5. The number of benzene rings is 2. The molecule has 0 aliphatic rings. The Morgan fingerprint density at radius 1 is 1.02 bits per heavy atom. The molecule has 1 heterocycles. The highest BCUT2D eigenvalue weighted by molar-refractivity contribution is 5.70. The molecule has 10 heteroatoms. The minimum Gasteiger partial charge on any atom is -0.494 e. The zero-order chi connectivity index (χ0) is 35.0. The molecule has 3 N–H and O–H groups in total. The number of aliphatic hydroxyl groups is 1. The molecule has 10 nitrogen and oxygen atoms in total. The van der Waals surface area contributed by atoms with Crippen LogP contribution in [0.25, 0.3) is 11.1 Å². The van der Waals surface area contributed by atoms with E-state index in [0.29, 0.717) is 25.4 Å². The summed E-state index contributed by atoms with van der Waals surface area (Å²) in [5.41, 5.74) is 4.76. The standard InChI is InChI=1S/C27H35N3O3.C10H21NO3/c1-4-22-18-25(33-16-6-5-15-30-19-24(28-29-30)17-20(2)3)12-13-26(22)23-10-7-21(8-11-23)9-14-27(31)32;1-9(2,3)14-8(13)11-10(4,5)6-7-12/h7-8,10-13,18-20H,4-6,9,14-17H2,1-3H3,(H,31,32);12H,6-7H2,1-5H3,(H,11,13). The molecule has 1 amide bonds. The van der Waals surface area contributed by atoms with Gasteiger partial charge >= 0.3 is 12.1 Å². The lowest BCUT2D eigenvalue weighted by molar-refractivity contribution is -0.136. The molecule has 3 rings (SSSR count). The Balaban J connectivity index is 0.000000463. The van der Waals surface area contributed by atoms with E-state index in [4.69, 9.17) is 19.7 Å². The van der Waals surface area contributed by atoms with Crippen LogP contribution in [0.3, 0.4) is 0 Å². The fourth-order valence-electron chi connectivity index (χ4n) is 4.78. The molecule has 0 aliphatic heterocycles. The molecular weight excluding hydrogens is 596 g/mol. The number of carboxylic acids is 1. The Bertz CT molecular complexity index is 1380. The van der Waals surface area contributed by atoms with E-state index in [1.54, 1.807) is 0 Å². The van der Waals surface area contributed by atoms with Gasteiger partial charge < -0.3 is 25.0 Å². The average Bonchev–Trinajstić information content (AvgIpc) is 3.41. The molecule has 0 spiro atoms. The van der Waals surface area contributed by atoms with Crippen LogP contribution in [0.1, 0.15) is 97.9 Å². The van der Waals surface area contributed by atoms with E-state index in [9.17, 15) is 9.59 Å². The lowest BCUT2D eigenvalue weighted by atomic mass is 9.96. The van der Waals surface area contributed by atoms with Gasteiger partial charge in [-0.15, -0.1) is 5.10 Å². The normalized spacial score (nSPS) is 11.5. The van der Waals surface area contributed by atoms with E-state index in [1.165, 1.54) is 11.1 Å². The van der Waals surface area contributed by atoms with Gasteiger partial charge in [0.05, 0.1) is 12.3 Å². The first-order valence-electron chi connectivity index (χ1n) is 16.7. The number of nitrogens with one attached hydrogen (secondary N) is 1. The number of aliphatic hydroxyl groups excluding tert-OH is 1. The van der Waals surface area contributed by atoms with Crippen LogP contribution in [-0.2, 0) is 35.3 Å². The lowest BCUT2D eigenvalue weighted by Crippen LogP contribution is -2.46. The SMILES string of the molecule is CC(C)(CCO)NC(=O)OC(C)(C)C.CCc1cc(OCCCCn2cc(CC(C)C)nn2)ccc1-c1ccc(CCC(=O)O)cc1. The molecule has 0 atom stereocenters. The fourth-order valence-corrected chi connectivity index (χ4v) is 4.78. The number of alkyl carbamates (subject to hydrolysis) is 1. The first-order valence-corrected chi connectivity index (χ1v) is 16.7. The van der Waals surface area contributed by atoms with Gasteiger partial charge in [-0.1, -0.05) is 56.3 Å². The molecule has 260 valence electrons. The smallest absolute Gasteiger partial charge is 0.408 e. The summed E-state index contributed by atoms with van der Waals surface area (Å²) < 4.78 is 13.0. The van der Waals surface area contributed by atoms with E-state index < -0.39 is 23.2 Å². The Kier molecular flexibility index (Phi) is 15.9. The minimum absolute atomic E-state index is 0.0444. The second kappa shape index (κ2) is 19.0. The second-order valence-corrected chi connectivity index (χ2v) is 13.9. The van der Waals surface area contributed by atoms with Gasteiger partial charge in [0.1, 0.15) is 11.4 Å². The van der Waals surface area contributed by atoms with Crippen molar-refractivity contribution in [3.05, 3.63) is 65.5 Å². The van der Waals surface area contributed by atoms with Crippen molar-refractivity contribution in [2.24, 2.45) is 5.92 Å². The molecule has 0 saturated carbocycles. The molecule has 2 aromatic carbocycles. The van der Waals surface area contributed by atoms with E-state index in [-0.39, 0.29) is 13.0 Å². The van der Waals surface area contributed by atoms with Gasteiger partial charge in [-0.2, -0.15) is 0 Å².